The summed E-state index contributed by atoms with van der Waals surface area (Å²) in [5, 5.41) is 0. The van der Waals surface area contributed by atoms with Crippen molar-refractivity contribution in [3.63, 3.8) is 0 Å². The number of para-hydroxylation sites is 2. The maximum Gasteiger partial charge on any atom is 0.107 e. The van der Waals surface area contributed by atoms with E-state index in [4.69, 9.17) is 0 Å². The van der Waals surface area contributed by atoms with Crippen molar-refractivity contribution in [1.82, 2.24) is 14.5 Å². The summed E-state index contributed by atoms with van der Waals surface area (Å²) in [5.41, 5.74) is 4.33. The van der Waals surface area contributed by atoms with Crippen molar-refractivity contribution in [3.05, 3.63) is 59.7 Å². The first-order valence-electron chi connectivity index (χ1n) is 6.08. The van der Waals surface area contributed by atoms with Gasteiger partial charge < -0.3 is 4.57 Å². The molecule has 3 rings (SSSR count). The summed E-state index contributed by atoms with van der Waals surface area (Å²) < 4.78 is 2.21. The van der Waals surface area contributed by atoms with Gasteiger partial charge in [0.15, 0.2) is 0 Å². The van der Waals surface area contributed by atoms with Crippen LogP contribution in [0, 0.1) is 13.8 Å². The summed E-state index contributed by atoms with van der Waals surface area (Å²) >= 11 is 0. The first kappa shape index (κ1) is 11.0. The second-order valence-electron chi connectivity index (χ2n) is 4.50. The molecule has 0 amide bonds. The Bertz CT molecular complexity index is 698. The second-order valence-corrected chi connectivity index (χ2v) is 4.50. The average Bonchev–Trinajstić information content (AvgIpc) is 2.66. The van der Waals surface area contributed by atoms with Crippen molar-refractivity contribution < 1.29 is 0 Å². The van der Waals surface area contributed by atoms with Crippen LogP contribution < -0.4 is 0 Å². The lowest BCUT2D eigenvalue weighted by molar-refractivity contribution is 0.761. The summed E-state index contributed by atoms with van der Waals surface area (Å²) in [6.45, 7) is 4.83. The van der Waals surface area contributed by atoms with E-state index in [1.165, 1.54) is 5.52 Å². The molecule has 1 aromatic carbocycles. The van der Waals surface area contributed by atoms with Gasteiger partial charge in [0.1, 0.15) is 5.82 Å². The molecular formula is C15H15N3. The molecule has 2 heterocycles. The Morgan fingerprint density at radius 1 is 0.944 bits per heavy atom. The van der Waals surface area contributed by atoms with E-state index in [2.05, 4.69) is 26.7 Å². The molecule has 0 saturated heterocycles. The molecule has 3 heteroatoms. The summed E-state index contributed by atoms with van der Waals surface area (Å²) in [4.78, 5) is 9.11. The molecule has 0 N–H and O–H groups in total. The molecule has 0 aliphatic carbocycles. The van der Waals surface area contributed by atoms with Gasteiger partial charge in [0.25, 0.3) is 0 Å². The Kier molecular flexibility index (Phi) is 2.59. The van der Waals surface area contributed by atoms with Gasteiger partial charge >= 0.3 is 0 Å². The number of rotatable bonds is 2. The molecule has 0 aliphatic heterocycles. The van der Waals surface area contributed by atoms with Crippen LogP contribution in [0.4, 0.5) is 0 Å². The Hall–Kier alpha value is -2.16. The number of benzene rings is 1. The fourth-order valence-corrected chi connectivity index (χ4v) is 2.25. The largest absolute Gasteiger partial charge is 0.322 e. The Morgan fingerprint density at radius 2 is 1.78 bits per heavy atom. The molecule has 2 aromatic heterocycles. The van der Waals surface area contributed by atoms with E-state index in [0.29, 0.717) is 0 Å². The molecule has 0 spiro atoms. The number of hydrogen-bond donors (Lipinski definition) is 0. The van der Waals surface area contributed by atoms with Gasteiger partial charge in [-0.2, -0.15) is 0 Å². The predicted molar refractivity (Wildman–Crippen MR) is 72.5 cm³/mol. The van der Waals surface area contributed by atoms with E-state index in [1.807, 2.05) is 44.2 Å². The predicted octanol–water partition coefficient (Wildman–Crippen LogP) is 3.10. The zero-order valence-electron chi connectivity index (χ0n) is 10.6. The van der Waals surface area contributed by atoms with Crippen molar-refractivity contribution in [2.75, 3.05) is 0 Å². The molecule has 3 aromatic rings. The van der Waals surface area contributed by atoms with Gasteiger partial charge in [-0.15, -0.1) is 0 Å². The van der Waals surface area contributed by atoms with Crippen molar-refractivity contribution in [2.24, 2.45) is 0 Å². The van der Waals surface area contributed by atoms with Gasteiger partial charge in [0, 0.05) is 5.69 Å². The number of hydrogen-bond acceptors (Lipinski definition) is 2. The van der Waals surface area contributed by atoms with Crippen LogP contribution in [0.15, 0.2) is 42.5 Å². The molecule has 0 saturated carbocycles. The van der Waals surface area contributed by atoms with Crippen molar-refractivity contribution in [3.8, 4) is 0 Å². The summed E-state index contributed by atoms with van der Waals surface area (Å²) in [5.74, 6) is 1.03. The van der Waals surface area contributed by atoms with Crippen LogP contribution in [0.2, 0.25) is 0 Å². The molecule has 18 heavy (non-hydrogen) atoms. The highest BCUT2D eigenvalue weighted by molar-refractivity contribution is 5.75. The Labute approximate surface area is 106 Å². The monoisotopic (exact) mass is 237 g/mol. The zero-order valence-corrected chi connectivity index (χ0v) is 10.6. The quantitative estimate of drug-likeness (QED) is 0.685. The lowest BCUT2D eigenvalue weighted by Crippen LogP contribution is -2.04. The number of pyridine rings is 1. The van der Waals surface area contributed by atoms with E-state index in [1.54, 1.807) is 0 Å². The minimum absolute atomic E-state index is 0.772. The van der Waals surface area contributed by atoms with Crippen molar-refractivity contribution in [1.29, 1.82) is 0 Å². The maximum absolute atomic E-state index is 4.57. The van der Waals surface area contributed by atoms with Crippen molar-refractivity contribution in [2.45, 2.75) is 20.4 Å². The highest BCUT2D eigenvalue weighted by Gasteiger charge is 2.07. The number of aromatic nitrogens is 3. The van der Waals surface area contributed by atoms with Gasteiger partial charge in [-0.3, -0.25) is 4.98 Å². The van der Waals surface area contributed by atoms with Gasteiger partial charge in [-0.05, 0) is 38.1 Å². The molecule has 0 fully saturated rings. The first-order chi connectivity index (χ1) is 8.74. The molecule has 0 unspecified atom stereocenters. The number of fused-ring (bicyclic) bond motifs is 1. The van der Waals surface area contributed by atoms with Crippen LogP contribution in [0.3, 0.4) is 0 Å². The minimum Gasteiger partial charge on any atom is -0.322 e. The highest BCUT2D eigenvalue weighted by Crippen LogP contribution is 2.16. The number of nitrogens with zero attached hydrogens (tertiary/aromatic N) is 3. The van der Waals surface area contributed by atoms with Crippen LogP contribution in [0.5, 0.6) is 0 Å². The molecule has 3 nitrogen and oxygen atoms in total. The second kappa shape index (κ2) is 4.26. The molecular weight excluding hydrogens is 222 g/mol. The average molecular weight is 237 g/mol. The Balaban J connectivity index is 2.07. The van der Waals surface area contributed by atoms with Crippen LogP contribution in [-0.2, 0) is 6.54 Å². The van der Waals surface area contributed by atoms with E-state index >= 15 is 0 Å². The minimum atomic E-state index is 0.772. The van der Waals surface area contributed by atoms with Crippen LogP contribution in [0.25, 0.3) is 11.0 Å². The van der Waals surface area contributed by atoms with Gasteiger partial charge in [-0.25, -0.2) is 4.98 Å². The van der Waals surface area contributed by atoms with Crippen molar-refractivity contribution >= 4 is 11.0 Å². The zero-order chi connectivity index (χ0) is 12.5. The molecule has 0 atom stereocenters. The van der Waals surface area contributed by atoms with E-state index in [-0.39, 0.29) is 0 Å². The van der Waals surface area contributed by atoms with Gasteiger partial charge in [0.2, 0.25) is 0 Å². The third-order valence-electron chi connectivity index (χ3n) is 3.11. The van der Waals surface area contributed by atoms with Crippen LogP contribution in [0.1, 0.15) is 17.2 Å². The topological polar surface area (TPSA) is 30.7 Å². The molecule has 0 radical (unpaired) electrons. The fourth-order valence-electron chi connectivity index (χ4n) is 2.25. The third-order valence-corrected chi connectivity index (χ3v) is 3.11. The number of imidazole rings is 1. The lowest BCUT2D eigenvalue weighted by atomic mass is 10.3. The van der Waals surface area contributed by atoms with Gasteiger partial charge in [-0.1, -0.05) is 18.2 Å². The summed E-state index contributed by atoms with van der Waals surface area (Å²) in [6, 6.07) is 14.3. The first-order valence-corrected chi connectivity index (χ1v) is 6.08. The Morgan fingerprint density at radius 3 is 2.61 bits per heavy atom. The summed E-state index contributed by atoms with van der Waals surface area (Å²) in [6.07, 6.45) is 0. The molecule has 0 aliphatic rings. The van der Waals surface area contributed by atoms with E-state index in [0.717, 1.165) is 29.3 Å². The number of aryl methyl sites for hydroxylation is 2. The maximum atomic E-state index is 4.57. The molecule has 0 bridgehead atoms. The smallest absolute Gasteiger partial charge is 0.107 e. The SMILES string of the molecule is Cc1cccc(Cn2c(C)nc3ccccc32)n1. The van der Waals surface area contributed by atoms with Crippen LogP contribution in [-0.4, -0.2) is 14.5 Å². The standard InChI is InChI=1S/C15H15N3/c1-11-6-5-7-13(16-11)10-18-12(2)17-14-8-3-4-9-15(14)18/h3-9H,10H2,1-2H3. The fraction of sp³-hybridized carbons (Fsp3) is 0.200. The van der Waals surface area contributed by atoms with Crippen LogP contribution >= 0.6 is 0 Å². The van der Waals surface area contributed by atoms with E-state index in [9.17, 15) is 0 Å². The lowest BCUT2D eigenvalue weighted by Gasteiger charge is -2.06. The highest BCUT2D eigenvalue weighted by atomic mass is 15.1. The van der Waals surface area contributed by atoms with Gasteiger partial charge in [0.05, 0.1) is 23.3 Å². The third kappa shape index (κ3) is 1.88. The normalized spacial score (nSPS) is 11.0. The summed E-state index contributed by atoms with van der Waals surface area (Å²) in [7, 11) is 0. The molecule has 90 valence electrons. The van der Waals surface area contributed by atoms with E-state index < -0.39 is 0 Å².